The number of carbonyl (C=O) groups excluding carboxylic acids is 1. The van der Waals surface area contributed by atoms with Gasteiger partial charge in [0.2, 0.25) is 15.9 Å². The quantitative estimate of drug-likeness (QED) is 0.727. The average Bonchev–Trinajstić information content (AvgIpc) is 2.78. The maximum atomic E-state index is 12.9. The molecule has 1 aliphatic rings. The van der Waals surface area contributed by atoms with Gasteiger partial charge in [0.1, 0.15) is 5.75 Å². The molecule has 30 heavy (non-hydrogen) atoms. The maximum absolute atomic E-state index is 12.9. The van der Waals surface area contributed by atoms with Crippen LogP contribution in [-0.4, -0.2) is 38.8 Å². The molecule has 1 amide bonds. The first-order chi connectivity index (χ1) is 14.4. The predicted molar refractivity (Wildman–Crippen MR) is 117 cm³/mol. The standard InChI is InChI=1S/C23H30N2O4S/c1-4-22(21-8-6-5-7-17(21)2)24-23(26)18-13-15-25(16-14-18)30(27,28)20-11-9-19(29-3)10-12-20/h5-12,18,22H,4,13-16H2,1-3H3,(H,24,26)/t22-/m0/s1. The highest BCUT2D eigenvalue weighted by molar-refractivity contribution is 7.89. The van der Waals surface area contributed by atoms with Gasteiger partial charge in [0.05, 0.1) is 18.0 Å². The van der Waals surface area contributed by atoms with Crippen molar-refractivity contribution in [3.63, 3.8) is 0 Å². The lowest BCUT2D eigenvalue weighted by Gasteiger charge is -2.31. The van der Waals surface area contributed by atoms with E-state index in [2.05, 4.69) is 12.2 Å². The Morgan fingerprint density at radius 3 is 2.33 bits per heavy atom. The first-order valence-corrected chi connectivity index (χ1v) is 11.8. The number of sulfonamides is 1. The van der Waals surface area contributed by atoms with Gasteiger partial charge in [0.25, 0.3) is 0 Å². The Labute approximate surface area is 179 Å². The molecule has 2 aromatic carbocycles. The molecule has 6 nitrogen and oxygen atoms in total. The monoisotopic (exact) mass is 430 g/mol. The van der Waals surface area contributed by atoms with Gasteiger partial charge in [-0.25, -0.2) is 8.42 Å². The second kappa shape index (κ2) is 9.62. The molecule has 0 unspecified atom stereocenters. The molecule has 3 rings (SSSR count). The number of rotatable bonds is 7. The van der Waals surface area contributed by atoms with Gasteiger partial charge < -0.3 is 10.1 Å². The van der Waals surface area contributed by atoms with Gasteiger partial charge in [0.15, 0.2) is 0 Å². The molecule has 1 fully saturated rings. The number of piperidine rings is 1. The number of amides is 1. The van der Waals surface area contributed by atoms with Gasteiger partial charge >= 0.3 is 0 Å². The molecule has 1 saturated heterocycles. The summed E-state index contributed by atoms with van der Waals surface area (Å²) in [4.78, 5) is 13.1. The van der Waals surface area contributed by atoms with E-state index in [1.165, 1.54) is 4.31 Å². The summed E-state index contributed by atoms with van der Waals surface area (Å²) in [5, 5.41) is 3.17. The van der Waals surface area contributed by atoms with E-state index in [-0.39, 0.29) is 22.8 Å². The summed E-state index contributed by atoms with van der Waals surface area (Å²) >= 11 is 0. The lowest BCUT2D eigenvalue weighted by atomic mass is 9.94. The van der Waals surface area contributed by atoms with Crippen LogP contribution in [0.15, 0.2) is 53.4 Å². The molecular weight excluding hydrogens is 400 g/mol. The smallest absolute Gasteiger partial charge is 0.243 e. The number of methoxy groups -OCH3 is 1. The molecule has 1 N–H and O–H groups in total. The van der Waals surface area contributed by atoms with E-state index in [9.17, 15) is 13.2 Å². The largest absolute Gasteiger partial charge is 0.497 e. The number of carbonyl (C=O) groups is 1. The van der Waals surface area contributed by atoms with Crippen molar-refractivity contribution < 1.29 is 17.9 Å². The van der Waals surface area contributed by atoms with E-state index in [0.717, 1.165) is 17.5 Å². The number of aryl methyl sites for hydroxylation is 1. The molecule has 2 aromatic rings. The van der Waals surface area contributed by atoms with Crippen molar-refractivity contribution in [1.82, 2.24) is 9.62 Å². The van der Waals surface area contributed by atoms with Crippen molar-refractivity contribution in [3.05, 3.63) is 59.7 Å². The molecular formula is C23H30N2O4S. The van der Waals surface area contributed by atoms with Crippen LogP contribution < -0.4 is 10.1 Å². The van der Waals surface area contributed by atoms with Crippen molar-refractivity contribution in [3.8, 4) is 5.75 Å². The van der Waals surface area contributed by atoms with E-state index < -0.39 is 10.0 Å². The molecule has 0 bridgehead atoms. The summed E-state index contributed by atoms with van der Waals surface area (Å²) in [6.07, 6.45) is 1.85. The molecule has 0 aliphatic carbocycles. The van der Waals surface area contributed by atoms with Crippen LogP contribution in [-0.2, 0) is 14.8 Å². The SMILES string of the molecule is CC[C@H](NC(=O)C1CCN(S(=O)(=O)c2ccc(OC)cc2)CC1)c1ccccc1C. The first-order valence-electron chi connectivity index (χ1n) is 10.4. The molecule has 0 spiro atoms. The number of ether oxygens (including phenoxy) is 1. The fraction of sp³-hybridized carbons (Fsp3) is 0.435. The summed E-state index contributed by atoms with van der Waals surface area (Å²) in [5.74, 6) is 0.445. The van der Waals surface area contributed by atoms with Crippen LogP contribution in [0.3, 0.4) is 0 Å². The Kier molecular flexibility index (Phi) is 7.15. The summed E-state index contributed by atoms with van der Waals surface area (Å²) in [5.41, 5.74) is 2.29. The molecule has 0 radical (unpaired) electrons. The Morgan fingerprint density at radius 2 is 1.77 bits per heavy atom. The molecule has 1 heterocycles. The van der Waals surface area contributed by atoms with Crippen molar-refractivity contribution >= 4 is 15.9 Å². The van der Waals surface area contributed by atoms with Crippen LogP contribution in [0.4, 0.5) is 0 Å². The average molecular weight is 431 g/mol. The summed E-state index contributed by atoms with van der Waals surface area (Å²) in [7, 11) is -2.02. The second-order valence-electron chi connectivity index (χ2n) is 7.68. The zero-order chi connectivity index (χ0) is 21.7. The van der Waals surface area contributed by atoms with Crippen LogP contribution in [0.5, 0.6) is 5.75 Å². The number of benzene rings is 2. The minimum Gasteiger partial charge on any atom is -0.497 e. The second-order valence-corrected chi connectivity index (χ2v) is 9.62. The molecule has 1 atom stereocenters. The Bertz CT molecular complexity index is 965. The molecule has 0 saturated carbocycles. The number of hydrogen-bond donors (Lipinski definition) is 1. The van der Waals surface area contributed by atoms with Crippen molar-refractivity contribution in [2.45, 2.75) is 44.0 Å². The highest BCUT2D eigenvalue weighted by Crippen LogP contribution is 2.27. The van der Waals surface area contributed by atoms with Gasteiger partial charge in [-0.2, -0.15) is 4.31 Å². The normalized spacial score (nSPS) is 16.8. The van der Waals surface area contributed by atoms with Crippen LogP contribution in [0.1, 0.15) is 43.4 Å². The zero-order valence-corrected chi connectivity index (χ0v) is 18.6. The Morgan fingerprint density at radius 1 is 1.13 bits per heavy atom. The van der Waals surface area contributed by atoms with Gasteiger partial charge in [-0.05, 0) is 61.6 Å². The maximum Gasteiger partial charge on any atom is 0.243 e. The molecule has 7 heteroatoms. The van der Waals surface area contributed by atoms with Crippen molar-refractivity contribution in [1.29, 1.82) is 0 Å². The third-order valence-corrected chi connectivity index (χ3v) is 7.72. The fourth-order valence-corrected chi connectivity index (χ4v) is 5.39. The fourth-order valence-electron chi connectivity index (χ4n) is 3.92. The highest BCUT2D eigenvalue weighted by atomic mass is 32.2. The minimum absolute atomic E-state index is 0.00611. The van der Waals surface area contributed by atoms with Crippen LogP contribution in [0.2, 0.25) is 0 Å². The van der Waals surface area contributed by atoms with Crippen molar-refractivity contribution in [2.75, 3.05) is 20.2 Å². The Balaban J connectivity index is 1.61. The highest BCUT2D eigenvalue weighted by Gasteiger charge is 2.32. The van der Waals surface area contributed by atoms with Crippen LogP contribution in [0, 0.1) is 12.8 Å². The van der Waals surface area contributed by atoms with Gasteiger partial charge in [0, 0.05) is 19.0 Å². The molecule has 1 aliphatic heterocycles. The lowest BCUT2D eigenvalue weighted by Crippen LogP contribution is -2.43. The van der Waals surface area contributed by atoms with Gasteiger partial charge in [-0.3, -0.25) is 4.79 Å². The van der Waals surface area contributed by atoms with Crippen molar-refractivity contribution in [2.24, 2.45) is 5.92 Å². The Hall–Kier alpha value is -2.38. The number of nitrogens with one attached hydrogen (secondary N) is 1. The number of nitrogens with zero attached hydrogens (tertiary/aromatic N) is 1. The molecule has 162 valence electrons. The van der Waals surface area contributed by atoms with E-state index in [1.54, 1.807) is 31.4 Å². The third kappa shape index (κ3) is 4.84. The lowest BCUT2D eigenvalue weighted by molar-refractivity contribution is -0.126. The summed E-state index contributed by atoms with van der Waals surface area (Å²) in [6, 6.07) is 14.4. The summed E-state index contributed by atoms with van der Waals surface area (Å²) in [6.45, 7) is 4.79. The third-order valence-electron chi connectivity index (χ3n) is 5.81. The van der Waals surface area contributed by atoms with Crippen LogP contribution >= 0.6 is 0 Å². The number of hydrogen-bond acceptors (Lipinski definition) is 4. The summed E-state index contributed by atoms with van der Waals surface area (Å²) < 4.78 is 32.4. The van der Waals surface area contributed by atoms with E-state index in [1.807, 2.05) is 31.2 Å². The zero-order valence-electron chi connectivity index (χ0n) is 17.8. The predicted octanol–water partition coefficient (Wildman–Crippen LogP) is 3.67. The van der Waals surface area contributed by atoms with E-state index in [4.69, 9.17) is 4.74 Å². The van der Waals surface area contributed by atoms with Crippen LogP contribution in [0.25, 0.3) is 0 Å². The van der Waals surface area contributed by atoms with E-state index in [0.29, 0.717) is 31.7 Å². The van der Waals surface area contributed by atoms with E-state index >= 15 is 0 Å². The topological polar surface area (TPSA) is 75.7 Å². The minimum atomic E-state index is -3.57. The van der Waals surface area contributed by atoms with Gasteiger partial charge in [-0.15, -0.1) is 0 Å². The van der Waals surface area contributed by atoms with Gasteiger partial charge in [-0.1, -0.05) is 31.2 Å². The first kappa shape index (κ1) is 22.3. The molecule has 0 aromatic heterocycles.